The Hall–Kier alpha value is -2.41. The molecule has 0 saturated carbocycles. The minimum atomic E-state index is -0.335. The summed E-state index contributed by atoms with van der Waals surface area (Å²) in [6.45, 7) is 7.28. The molecule has 2 aromatic rings. The van der Waals surface area contributed by atoms with Gasteiger partial charge in [-0.15, -0.1) is 0 Å². The van der Waals surface area contributed by atoms with Crippen molar-refractivity contribution in [3.63, 3.8) is 0 Å². The maximum absolute atomic E-state index is 12.5. The zero-order valence-corrected chi connectivity index (χ0v) is 16.4. The van der Waals surface area contributed by atoms with Crippen LogP contribution in [0.2, 0.25) is 0 Å². The van der Waals surface area contributed by atoms with Crippen LogP contribution in [0, 0.1) is 0 Å². The molecule has 1 aromatic heterocycles. The Balaban J connectivity index is 1.60. The Morgan fingerprint density at radius 2 is 2.22 bits per heavy atom. The molecule has 7 heteroatoms. The fourth-order valence-corrected chi connectivity index (χ4v) is 3.62. The molecule has 2 atom stereocenters. The highest BCUT2D eigenvalue weighted by Gasteiger charge is 2.29. The number of hydrogen-bond donors (Lipinski definition) is 1. The average molecular weight is 372 g/mol. The third-order valence-electron chi connectivity index (χ3n) is 5.02. The molecule has 27 heavy (non-hydrogen) atoms. The number of nitrogens with zero attached hydrogens (tertiary/aromatic N) is 3. The standard InChI is InChI=1S/C20H28N4O3/c1-13(2)24-10-6-8-16(24)12-18(25)21-14(3)20-22-19(23-27-20)15-7-5-9-17(11-15)26-4/h5,7,9,11,13-14,16H,6,8,10,12H2,1-4H3,(H,21,25)/t14-,16-/m1/s1. The molecule has 3 rings (SSSR count). The van der Waals surface area contributed by atoms with Crippen LogP contribution in [0.3, 0.4) is 0 Å². The first-order valence-electron chi connectivity index (χ1n) is 9.51. The molecule has 0 radical (unpaired) electrons. The predicted molar refractivity (Wildman–Crippen MR) is 102 cm³/mol. The van der Waals surface area contributed by atoms with Gasteiger partial charge < -0.3 is 14.6 Å². The minimum Gasteiger partial charge on any atom is -0.497 e. The van der Waals surface area contributed by atoms with Gasteiger partial charge in [-0.1, -0.05) is 17.3 Å². The summed E-state index contributed by atoms with van der Waals surface area (Å²) in [5, 5.41) is 7.01. The number of carbonyl (C=O) groups is 1. The van der Waals surface area contributed by atoms with Crippen LogP contribution in [-0.4, -0.2) is 46.7 Å². The van der Waals surface area contributed by atoms with E-state index in [-0.39, 0.29) is 11.9 Å². The molecular formula is C20H28N4O3. The fraction of sp³-hybridized carbons (Fsp3) is 0.550. The second-order valence-corrected chi connectivity index (χ2v) is 7.31. The molecule has 0 unspecified atom stereocenters. The highest BCUT2D eigenvalue weighted by molar-refractivity contribution is 5.77. The molecule has 1 aliphatic heterocycles. The van der Waals surface area contributed by atoms with Crippen LogP contribution in [0.5, 0.6) is 5.75 Å². The molecule has 7 nitrogen and oxygen atoms in total. The van der Waals surface area contributed by atoms with E-state index >= 15 is 0 Å². The molecule has 1 saturated heterocycles. The number of aromatic nitrogens is 2. The third kappa shape index (κ3) is 4.66. The van der Waals surface area contributed by atoms with Gasteiger partial charge in [0.2, 0.25) is 17.6 Å². The highest BCUT2D eigenvalue weighted by atomic mass is 16.5. The van der Waals surface area contributed by atoms with E-state index in [9.17, 15) is 4.79 Å². The van der Waals surface area contributed by atoms with Crippen LogP contribution in [0.4, 0.5) is 0 Å². The first kappa shape index (κ1) is 19.4. The van der Waals surface area contributed by atoms with E-state index < -0.39 is 0 Å². The lowest BCUT2D eigenvalue weighted by Gasteiger charge is -2.28. The van der Waals surface area contributed by atoms with Crippen molar-refractivity contribution >= 4 is 5.91 Å². The van der Waals surface area contributed by atoms with E-state index in [2.05, 4.69) is 34.2 Å². The summed E-state index contributed by atoms with van der Waals surface area (Å²) < 4.78 is 10.6. The smallest absolute Gasteiger partial charge is 0.249 e. The molecule has 2 heterocycles. The topological polar surface area (TPSA) is 80.5 Å². The van der Waals surface area contributed by atoms with Gasteiger partial charge in [-0.2, -0.15) is 4.98 Å². The normalized spacial score (nSPS) is 18.6. The Morgan fingerprint density at radius 1 is 1.41 bits per heavy atom. The van der Waals surface area contributed by atoms with E-state index in [4.69, 9.17) is 9.26 Å². The van der Waals surface area contributed by atoms with Crippen molar-refractivity contribution in [2.75, 3.05) is 13.7 Å². The van der Waals surface area contributed by atoms with Crippen molar-refractivity contribution in [3.05, 3.63) is 30.2 Å². The van der Waals surface area contributed by atoms with Crippen molar-refractivity contribution in [3.8, 4) is 17.1 Å². The number of methoxy groups -OCH3 is 1. The fourth-order valence-electron chi connectivity index (χ4n) is 3.62. The average Bonchev–Trinajstić information content (AvgIpc) is 3.31. The summed E-state index contributed by atoms with van der Waals surface area (Å²) >= 11 is 0. The second-order valence-electron chi connectivity index (χ2n) is 7.31. The molecular weight excluding hydrogens is 344 g/mol. The number of nitrogens with one attached hydrogen (secondary N) is 1. The molecule has 1 aromatic carbocycles. The van der Waals surface area contributed by atoms with Gasteiger partial charge in [0, 0.05) is 24.1 Å². The van der Waals surface area contributed by atoms with Gasteiger partial charge in [-0.05, 0) is 52.3 Å². The summed E-state index contributed by atoms with van der Waals surface area (Å²) in [5.41, 5.74) is 0.807. The van der Waals surface area contributed by atoms with Crippen molar-refractivity contribution in [2.24, 2.45) is 0 Å². The van der Waals surface area contributed by atoms with E-state index in [1.807, 2.05) is 31.2 Å². The largest absolute Gasteiger partial charge is 0.497 e. The van der Waals surface area contributed by atoms with Crippen molar-refractivity contribution in [2.45, 2.75) is 58.2 Å². The number of benzene rings is 1. The van der Waals surface area contributed by atoms with Gasteiger partial charge in [-0.25, -0.2) is 0 Å². The molecule has 146 valence electrons. The number of likely N-dealkylation sites (tertiary alicyclic amines) is 1. The summed E-state index contributed by atoms with van der Waals surface area (Å²) in [5.74, 6) is 1.62. The monoisotopic (exact) mass is 372 g/mol. The lowest BCUT2D eigenvalue weighted by molar-refractivity contribution is -0.123. The molecule has 1 fully saturated rings. The first-order valence-corrected chi connectivity index (χ1v) is 9.51. The molecule has 0 spiro atoms. The van der Waals surface area contributed by atoms with Crippen LogP contribution in [0.1, 0.15) is 52.0 Å². The lowest BCUT2D eigenvalue weighted by Crippen LogP contribution is -2.39. The van der Waals surface area contributed by atoms with Crippen molar-refractivity contribution < 1.29 is 14.1 Å². The molecule has 1 aliphatic rings. The summed E-state index contributed by atoms with van der Waals surface area (Å²) in [7, 11) is 1.61. The molecule has 1 N–H and O–H groups in total. The second kappa shape index (κ2) is 8.52. The Labute approximate surface area is 160 Å². The van der Waals surface area contributed by atoms with Crippen LogP contribution in [-0.2, 0) is 4.79 Å². The number of hydrogen-bond acceptors (Lipinski definition) is 6. The maximum atomic E-state index is 12.5. The first-order chi connectivity index (χ1) is 13.0. The quantitative estimate of drug-likeness (QED) is 0.804. The number of carbonyl (C=O) groups excluding carboxylic acids is 1. The Kier molecular flexibility index (Phi) is 6.11. The van der Waals surface area contributed by atoms with E-state index in [1.165, 1.54) is 0 Å². The number of rotatable bonds is 7. The van der Waals surface area contributed by atoms with Crippen LogP contribution in [0.15, 0.2) is 28.8 Å². The zero-order valence-electron chi connectivity index (χ0n) is 16.4. The van der Waals surface area contributed by atoms with Crippen molar-refractivity contribution in [1.82, 2.24) is 20.4 Å². The van der Waals surface area contributed by atoms with Crippen LogP contribution in [0.25, 0.3) is 11.4 Å². The molecule has 0 aliphatic carbocycles. The SMILES string of the molecule is COc1cccc(-c2noc([C@@H](C)NC(=O)C[C@H]3CCCN3C(C)C)n2)c1. The number of ether oxygens (including phenoxy) is 1. The highest BCUT2D eigenvalue weighted by Crippen LogP contribution is 2.24. The number of amides is 1. The lowest BCUT2D eigenvalue weighted by atomic mass is 10.1. The van der Waals surface area contributed by atoms with E-state index in [0.717, 1.165) is 30.7 Å². The zero-order chi connectivity index (χ0) is 19.4. The Bertz CT molecular complexity index is 774. The van der Waals surface area contributed by atoms with Gasteiger partial charge in [-0.3, -0.25) is 9.69 Å². The van der Waals surface area contributed by atoms with Gasteiger partial charge in [0.25, 0.3) is 0 Å². The summed E-state index contributed by atoms with van der Waals surface area (Å²) in [6, 6.07) is 7.91. The van der Waals surface area contributed by atoms with Gasteiger partial charge in [0.05, 0.1) is 7.11 Å². The summed E-state index contributed by atoms with van der Waals surface area (Å²) in [6.07, 6.45) is 2.72. The predicted octanol–water partition coefficient (Wildman–Crippen LogP) is 3.19. The van der Waals surface area contributed by atoms with Crippen molar-refractivity contribution in [1.29, 1.82) is 0 Å². The van der Waals surface area contributed by atoms with Gasteiger partial charge in [0.1, 0.15) is 11.8 Å². The third-order valence-corrected chi connectivity index (χ3v) is 5.02. The molecule has 1 amide bonds. The summed E-state index contributed by atoms with van der Waals surface area (Å²) in [4.78, 5) is 19.3. The Morgan fingerprint density at radius 3 is 2.96 bits per heavy atom. The van der Waals surface area contributed by atoms with Gasteiger partial charge >= 0.3 is 0 Å². The maximum Gasteiger partial charge on any atom is 0.249 e. The van der Waals surface area contributed by atoms with E-state index in [0.29, 0.717) is 30.2 Å². The molecule has 0 bridgehead atoms. The van der Waals surface area contributed by atoms with E-state index in [1.54, 1.807) is 7.11 Å². The van der Waals surface area contributed by atoms with Crippen LogP contribution >= 0.6 is 0 Å². The minimum absolute atomic E-state index is 0.0150. The van der Waals surface area contributed by atoms with Gasteiger partial charge in [0.15, 0.2) is 0 Å². The van der Waals surface area contributed by atoms with Crippen LogP contribution < -0.4 is 10.1 Å².